The fourth-order valence-electron chi connectivity index (χ4n) is 3.13. The summed E-state index contributed by atoms with van der Waals surface area (Å²) >= 11 is 7.38. The largest absolute Gasteiger partial charge is 0.457 e. The molecule has 0 bridgehead atoms. The van der Waals surface area contributed by atoms with Crippen LogP contribution in [-0.4, -0.2) is 16.0 Å². The summed E-state index contributed by atoms with van der Waals surface area (Å²) in [6.45, 7) is 3.98. The van der Waals surface area contributed by atoms with Crippen LogP contribution in [0, 0.1) is 24.0 Å². The van der Waals surface area contributed by atoms with Crippen molar-refractivity contribution in [3.05, 3.63) is 85.5 Å². The highest BCUT2D eigenvalue weighted by Gasteiger charge is 2.24. The van der Waals surface area contributed by atoms with E-state index in [-0.39, 0.29) is 11.6 Å². The third kappa shape index (κ3) is 4.70. The minimum atomic E-state index is -0.498. The van der Waals surface area contributed by atoms with Crippen LogP contribution in [0.15, 0.2) is 62.8 Å². The normalized spacial score (nSPS) is 16.2. The summed E-state index contributed by atoms with van der Waals surface area (Å²) in [6, 6.07) is 13.4. The fraction of sp³-hybridized carbons (Fsp3) is 0.0909. The van der Waals surface area contributed by atoms with E-state index in [4.69, 9.17) is 16.0 Å². The van der Waals surface area contributed by atoms with Gasteiger partial charge in [-0.2, -0.15) is 0 Å². The van der Waals surface area contributed by atoms with Crippen LogP contribution in [0.4, 0.5) is 11.4 Å². The Kier molecular flexibility index (Phi) is 5.67. The molecule has 156 valence electrons. The predicted molar refractivity (Wildman–Crippen MR) is 123 cm³/mol. The number of hydrogen-bond acceptors (Lipinski definition) is 6. The molecule has 1 aliphatic heterocycles. The highest BCUT2D eigenvalue weighted by Crippen LogP contribution is 2.34. The molecule has 1 aromatic heterocycles. The van der Waals surface area contributed by atoms with E-state index in [0.29, 0.717) is 32.2 Å². The standard InChI is InChI=1S/C22H16ClN3O4S/c1-12-7-13(2)9-14(8-12)24-22-25-21(27)20(31-22)11-16-4-6-19(30-16)17-10-15(26(28)29)3-5-18(17)23/h3-11H,1-2H3,(H,24,25,27)/b20-11-. The molecule has 1 amide bonds. The first-order valence-electron chi connectivity index (χ1n) is 9.20. The van der Waals surface area contributed by atoms with Crippen LogP contribution in [0.5, 0.6) is 0 Å². The van der Waals surface area contributed by atoms with Gasteiger partial charge in [-0.05, 0) is 67.1 Å². The smallest absolute Gasteiger partial charge is 0.270 e. The third-order valence-corrected chi connectivity index (χ3v) is 5.65. The molecule has 31 heavy (non-hydrogen) atoms. The summed E-state index contributed by atoms with van der Waals surface area (Å²) in [5.74, 6) is 0.510. The van der Waals surface area contributed by atoms with Crippen molar-refractivity contribution in [2.45, 2.75) is 13.8 Å². The molecule has 4 rings (SSSR count). The second kappa shape index (κ2) is 8.41. The zero-order chi connectivity index (χ0) is 22.1. The second-order valence-electron chi connectivity index (χ2n) is 6.95. The molecule has 0 spiro atoms. The Bertz CT molecular complexity index is 1260. The minimum Gasteiger partial charge on any atom is -0.457 e. The Morgan fingerprint density at radius 3 is 2.58 bits per heavy atom. The van der Waals surface area contributed by atoms with Crippen molar-refractivity contribution < 1.29 is 14.1 Å². The van der Waals surface area contributed by atoms with E-state index in [0.717, 1.165) is 16.8 Å². The molecule has 9 heteroatoms. The summed E-state index contributed by atoms with van der Waals surface area (Å²) in [5.41, 5.74) is 3.26. The molecule has 1 aliphatic rings. The monoisotopic (exact) mass is 453 g/mol. The molecule has 1 N–H and O–H groups in total. The van der Waals surface area contributed by atoms with Crippen LogP contribution in [0.2, 0.25) is 5.02 Å². The van der Waals surface area contributed by atoms with Gasteiger partial charge in [0.05, 0.1) is 20.5 Å². The number of nitrogens with one attached hydrogen (secondary N) is 1. The Balaban J connectivity index is 1.58. The number of furan rings is 1. The van der Waals surface area contributed by atoms with Gasteiger partial charge in [0.2, 0.25) is 0 Å². The van der Waals surface area contributed by atoms with Gasteiger partial charge in [-0.15, -0.1) is 0 Å². The number of carbonyl (C=O) groups is 1. The zero-order valence-electron chi connectivity index (χ0n) is 16.5. The lowest BCUT2D eigenvalue weighted by Gasteiger charge is -2.01. The number of nitrogens with zero attached hydrogens (tertiary/aromatic N) is 2. The number of nitro benzene ring substituents is 1. The highest BCUT2D eigenvalue weighted by molar-refractivity contribution is 8.18. The maximum atomic E-state index is 12.3. The number of carbonyl (C=O) groups excluding carboxylic acids is 1. The number of amides is 1. The number of amidine groups is 1. The van der Waals surface area contributed by atoms with Gasteiger partial charge in [0.1, 0.15) is 11.5 Å². The molecule has 1 fully saturated rings. The van der Waals surface area contributed by atoms with Crippen molar-refractivity contribution in [2.75, 3.05) is 0 Å². The Hall–Kier alpha value is -3.36. The van der Waals surface area contributed by atoms with Gasteiger partial charge in [-0.25, -0.2) is 4.99 Å². The van der Waals surface area contributed by atoms with Crippen molar-refractivity contribution in [3.63, 3.8) is 0 Å². The number of nitro groups is 1. The summed E-state index contributed by atoms with van der Waals surface area (Å²) in [5, 5.41) is 14.6. The zero-order valence-corrected chi connectivity index (χ0v) is 18.1. The van der Waals surface area contributed by atoms with Gasteiger partial charge in [-0.1, -0.05) is 17.7 Å². The van der Waals surface area contributed by atoms with Crippen LogP contribution >= 0.6 is 23.4 Å². The lowest BCUT2D eigenvalue weighted by atomic mass is 10.1. The number of benzene rings is 2. The lowest BCUT2D eigenvalue weighted by molar-refractivity contribution is -0.384. The Morgan fingerprint density at radius 2 is 1.87 bits per heavy atom. The van der Waals surface area contributed by atoms with E-state index in [1.54, 1.807) is 18.2 Å². The maximum absolute atomic E-state index is 12.3. The van der Waals surface area contributed by atoms with E-state index in [9.17, 15) is 14.9 Å². The third-order valence-electron chi connectivity index (χ3n) is 4.41. The predicted octanol–water partition coefficient (Wildman–Crippen LogP) is 6.02. The van der Waals surface area contributed by atoms with Crippen molar-refractivity contribution in [1.29, 1.82) is 0 Å². The average molecular weight is 454 g/mol. The van der Waals surface area contributed by atoms with Gasteiger partial charge in [0, 0.05) is 23.8 Å². The molecule has 0 atom stereocenters. The molecule has 0 aliphatic carbocycles. The minimum absolute atomic E-state index is 0.0892. The molecule has 2 heterocycles. The first-order chi connectivity index (χ1) is 14.8. The lowest BCUT2D eigenvalue weighted by Crippen LogP contribution is -2.19. The van der Waals surface area contributed by atoms with Crippen molar-refractivity contribution in [2.24, 2.45) is 4.99 Å². The van der Waals surface area contributed by atoms with Gasteiger partial charge < -0.3 is 9.73 Å². The van der Waals surface area contributed by atoms with Crippen LogP contribution < -0.4 is 5.32 Å². The van der Waals surface area contributed by atoms with Crippen LogP contribution in [0.3, 0.4) is 0 Å². The second-order valence-corrected chi connectivity index (χ2v) is 8.39. The molecule has 0 radical (unpaired) electrons. The summed E-state index contributed by atoms with van der Waals surface area (Å²) in [4.78, 5) is 27.8. The highest BCUT2D eigenvalue weighted by atomic mass is 35.5. The summed E-state index contributed by atoms with van der Waals surface area (Å²) < 4.78 is 5.76. The number of aryl methyl sites for hydroxylation is 2. The SMILES string of the molecule is Cc1cc(C)cc(N=C2NC(=O)/C(=C/c3ccc(-c4cc([N+](=O)[O-])ccc4Cl)o3)S2)c1. The average Bonchev–Trinajstić information content (AvgIpc) is 3.28. The number of halogens is 1. The first-order valence-corrected chi connectivity index (χ1v) is 10.4. The number of rotatable bonds is 4. The topological polar surface area (TPSA) is 97.7 Å². The van der Waals surface area contributed by atoms with Gasteiger partial charge in [0.15, 0.2) is 5.17 Å². The van der Waals surface area contributed by atoms with E-state index >= 15 is 0 Å². The molecule has 7 nitrogen and oxygen atoms in total. The van der Waals surface area contributed by atoms with E-state index in [1.807, 2.05) is 26.0 Å². The molecule has 1 saturated heterocycles. The number of hydrogen-bond donors (Lipinski definition) is 1. The van der Waals surface area contributed by atoms with Crippen molar-refractivity contribution in [3.8, 4) is 11.3 Å². The quantitative estimate of drug-likeness (QED) is 0.296. The molecule has 2 aromatic carbocycles. The van der Waals surface area contributed by atoms with Crippen LogP contribution in [0.25, 0.3) is 17.4 Å². The number of aliphatic imine (C=N–C) groups is 1. The molecular weight excluding hydrogens is 438 g/mol. The Labute approximate surface area is 187 Å². The van der Waals surface area contributed by atoms with Gasteiger partial charge >= 0.3 is 0 Å². The molecular formula is C22H16ClN3O4S. The molecule has 0 saturated carbocycles. The Morgan fingerprint density at radius 1 is 1.13 bits per heavy atom. The maximum Gasteiger partial charge on any atom is 0.270 e. The number of non-ortho nitro benzene ring substituents is 1. The summed E-state index contributed by atoms with van der Waals surface area (Å²) in [7, 11) is 0. The van der Waals surface area contributed by atoms with E-state index in [2.05, 4.69) is 16.4 Å². The molecule has 3 aromatic rings. The van der Waals surface area contributed by atoms with Crippen molar-refractivity contribution >= 4 is 51.9 Å². The van der Waals surface area contributed by atoms with E-state index in [1.165, 1.54) is 30.0 Å². The fourth-order valence-corrected chi connectivity index (χ4v) is 4.17. The number of thioether (sulfide) groups is 1. The van der Waals surface area contributed by atoms with Gasteiger partial charge in [-0.3, -0.25) is 14.9 Å². The first kappa shape index (κ1) is 20.9. The van der Waals surface area contributed by atoms with Crippen LogP contribution in [0.1, 0.15) is 16.9 Å². The van der Waals surface area contributed by atoms with Crippen LogP contribution in [-0.2, 0) is 4.79 Å². The van der Waals surface area contributed by atoms with Gasteiger partial charge in [0.25, 0.3) is 11.6 Å². The van der Waals surface area contributed by atoms with E-state index < -0.39 is 4.92 Å². The van der Waals surface area contributed by atoms with Crippen molar-refractivity contribution in [1.82, 2.24) is 5.32 Å². The molecule has 0 unspecified atom stereocenters. The summed E-state index contributed by atoms with van der Waals surface area (Å²) in [6.07, 6.45) is 1.60.